The summed E-state index contributed by atoms with van der Waals surface area (Å²) in [6.07, 6.45) is 4.31. The molecular weight excluding hydrogens is 359 g/mol. The Morgan fingerprint density at radius 2 is 1.95 bits per heavy atom. The van der Waals surface area contributed by atoms with Crippen LogP contribution in [0.1, 0.15) is 36.0 Å². The molecule has 3 nitrogen and oxygen atoms in total. The van der Waals surface area contributed by atoms with Crippen LogP contribution in [-0.4, -0.2) is 36.0 Å². The maximum Gasteiger partial charge on any atom is 0.256 e. The first-order valence-electron chi connectivity index (χ1n) is 7.03. The summed E-state index contributed by atoms with van der Waals surface area (Å²) in [7, 11) is 1.79. The first-order chi connectivity index (χ1) is 9.54. The second-order valence-corrected chi connectivity index (χ2v) is 6.72. The van der Waals surface area contributed by atoms with E-state index in [4.69, 9.17) is 0 Å². The van der Waals surface area contributed by atoms with Crippen LogP contribution in [0.2, 0.25) is 0 Å². The smallest absolute Gasteiger partial charge is 0.256 e. The molecular formula is C15H19BrClFN2O. The number of nitrogens with zero attached hydrogens (tertiary/aromatic N) is 1. The summed E-state index contributed by atoms with van der Waals surface area (Å²) in [5.74, 6) is -0.683. The molecule has 2 atom stereocenters. The number of halogens is 3. The van der Waals surface area contributed by atoms with Crippen molar-refractivity contribution in [3.05, 3.63) is 34.1 Å². The van der Waals surface area contributed by atoms with E-state index in [9.17, 15) is 9.18 Å². The van der Waals surface area contributed by atoms with Gasteiger partial charge < -0.3 is 10.2 Å². The highest BCUT2D eigenvalue weighted by atomic mass is 79.9. The highest BCUT2D eigenvalue weighted by Gasteiger charge is 2.36. The highest BCUT2D eigenvalue weighted by molar-refractivity contribution is 9.10. The number of hydrogen-bond donors (Lipinski definition) is 1. The van der Waals surface area contributed by atoms with Crippen molar-refractivity contribution in [2.24, 2.45) is 0 Å². The van der Waals surface area contributed by atoms with E-state index in [1.165, 1.54) is 18.9 Å². The van der Waals surface area contributed by atoms with Crippen LogP contribution in [-0.2, 0) is 0 Å². The predicted molar refractivity (Wildman–Crippen MR) is 86.4 cm³/mol. The van der Waals surface area contributed by atoms with Gasteiger partial charge in [-0.05, 0) is 43.9 Å². The molecule has 1 N–H and O–H groups in total. The fraction of sp³-hybridized carbons (Fsp3) is 0.533. The van der Waals surface area contributed by atoms with Crippen LogP contribution in [0.3, 0.4) is 0 Å². The Morgan fingerprint density at radius 1 is 1.33 bits per heavy atom. The molecule has 0 aliphatic carbocycles. The minimum Gasteiger partial charge on any atom is -0.339 e. The van der Waals surface area contributed by atoms with E-state index in [-0.39, 0.29) is 29.9 Å². The lowest BCUT2D eigenvalue weighted by molar-refractivity contribution is 0.0677. The van der Waals surface area contributed by atoms with Crippen molar-refractivity contribution in [1.29, 1.82) is 0 Å². The number of carbonyl (C=O) groups is 1. The second-order valence-electron chi connectivity index (χ2n) is 5.80. The number of amides is 1. The molecule has 2 saturated heterocycles. The highest BCUT2D eigenvalue weighted by Crippen LogP contribution is 2.30. The predicted octanol–water partition coefficient (Wildman–Crippen LogP) is 3.37. The monoisotopic (exact) mass is 376 g/mol. The average molecular weight is 378 g/mol. The molecule has 1 aromatic rings. The maximum atomic E-state index is 13.8. The van der Waals surface area contributed by atoms with Gasteiger partial charge in [0.1, 0.15) is 5.82 Å². The topological polar surface area (TPSA) is 32.3 Å². The summed E-state index contributed by atoms with van der Waals surface area (Å²) < 4.78 is 14.6. The van der Waals surface area contributed by atoms with Crippen molar-refractivity contribution < 1.29 is 9.18 Å². The first-order valence-corrected chi connectivity index (χ1v) is 7.82. The number of carbonyl (C=O) groups excluding carboxylic acids is 1. The van der Waals surface area contributed by atoms with E-state index < -0.39 is 5.82 Å². The summed E-state index contributed by atoms with van der Waals surface area (Å²) in [5.41, 5.74) is 0.146. The third-order valence-electron chi connectivity index (χ3n) is 4.48. The van der Waals surface area contributed by atoms with Crippen molar-refractivity contribution in [3.63, 3.8) is 0 Å². The minimum atomic E-state index is -0.457. The largest absolute Gasteiger partial charge is 0.339 e. The first kappa shape index (κ1) is 16.7. The minimum absolute atomic E-state index is 0. The fourth-order valence-corrected chi connectivity index (χ4v) is 3.72. The molecule has 0 aromatic heterocycles. The second kappa shape index (κ2) is 6.63. The van der Waals surface area contributed by atoms with E-state index in [0.717, 1.165) is 17.3 Å². The zero-order valence-corrected chi connectivity index (χ0v) is 14.2. The number of nitrogens with one attached hydrogen (secondary N) is 1. The lowest BCUT2D eigenvalue weighted by Gasteiger charge is -2.35. The van der Waals surface area contributed by atoms with Gasteiger partial charge in [0.25, 0.3) is 5.91 Å². The summed E-state index contributed by atoms with van der Waals surface area (Å²) in [6, 6.07) is 5.74. The molecule has 3 rings (SSSR count). The molecule has 21 heavy (non-hydrogen) atoms. The number of piperidine rings is 1. The van der Waals surface area contributed by atoms with Gasteiger partial charge in [-0.15, -0.1) is 12.4 Å². The third-order valence-corrected chi connectivity index (χ3v) is 4.97. The van der Waals surface area contributed by atoms with Gasteiger partial charge in [-0.25, -0.2) is 4.39 Å². The molecule has 0 saturated carbocycles. The van der Waals surface area contributed by atoms with Gasteiger partial charge in [-0.1, -0.05) is 15.9 Å². The van der Waals surface area contributed by atoms with Crippen molar-refractivity contribution in [3.8, 4) is 0 Å². The van der Waals surface area contributed by atoms with Crippen LogP contribution in [0.5, 0.6) is 0 Å². The van der Waals surface area contributed by atoms with Crippen LogP contribution in [0, 0.1) is 5.82 Å². The van der Waals surface area contributed by atoms with Gasteiger partial charge in [0.05, 0.1) is 5.56 Å². The number of hydrogen-bond acceptors (Lipinski definition) is 2. The normalized spacial score (nSPS) is 27.1. The van der Waals surface area contributed by atoms with Gasteiger partial charge in [0, 0.05) is 29.6 Å². The van der Waals surface area contributed by atoms with Crippen LogP contribution >= 0.6 is 28.3 Å². The lowest BCUT2D eigenvalue weighted by atomic mass is 9.98. The van der Waals surface area contributed by atoms with Gasteiger partial charge in [0.15, 0.2) is 0 Å². The Labute approximate surface area is 138 Å². The number of benzene rings is 1. The Balaban J connectivity index is 0.00000161. The summed E-state index contributed by atoms with van der Waals surface area (Å²) in [4.78, 5) is 14.2. The van der Waals surface area contributed by atoms with E-state index in [0.29, 0.717) is 12.1 Å². The van der Waals surface area contributed by atoms with Crippen LogP contribution in [0.15, 0.2) is 22.7 Å². The van der Waals surface area contributed by atoms with Crippen LogP contribution < -0.4 is 5.32 Å². The Morgan fingerprint density at radius 3 is 2.57 bits per heavy atom. The van der Waals surface area contributed by atoms with E-state index >= 15 is 0 Å². The van der Waals surface area contributed by atoms with Crippen LogP contribution in [0.25, 0.3) is 0 Å². The fourth-order valence-electron chi connectivity index (χ4n) is 3.36. The zero-order valence-electron chi connectivity index (χ0n) is 11.8. The molecule has 1 aromatic carbocycles. The average Bonchev–Trinajstić information content (AvgIpc) is 2.78. The Bertz CT molecular complexity index is 530. The molecule has 2 bridgehead atoms. The SMILES string of the molecule is CN(C(=O)c1cc(Br)ccc1F)C1CC2CCC(C1)N2.Cl. The molecule has 2 aliphatic rings. The molecule has 1 amide bonds. The van der Waals surface area contributed by atoms with Gasteiger partial charge in [-0.2, -0.15) is 0 Å². The summed E-state index contributed by atoms with van der Waals surface area (Å²) in [6.45, 7) is 0. The molecule has 116 valence electrons. The molecule has 2 aliphatic heterocycles. The molecule has 0 radical (unpaired) electrons. The summed E-state index contributed by atoms with van der Waals surface area (Å²) in [5, 5.41) is 3.55. The van der Waals surface area contributed by atoms with Crippen molar-refractivity contribution in [1.82, 2.24) is 10.2 Å². The van der Waals surface area contributed by atoms with Gasteiger partial charge in [-0.3, -0.25) is 4.79 Å². The van der Waals surface area contributed by atoms with Crippen molar-refractivity contribution in [2.45, 2.75) is 43.8 Å². The van der Waals surface area contributed by atoms with Gasteiger partial charge in [0.2, 0.25) is 0 Å². The van der Waals surface area contributed by atoms with Crippen molar-refractivity contribution in [2.75, 3.05) is 7.05 Å². The van der Waals surface area contributed by atoms with Crippen LogP contribution in [0.4, 0.5) is 4.39 Å². The van der Waals surface area contributed by atoms with E-state index in [2.05, 4.69) is 21.2 Å². The van der Waals surface area contributed by atoms with Crippen molar-refractivity contribution >= 4 is 34.2 Å². The zero-order chi connectivity index (χ0) is 14.3. The Kier molecular flexibility index (Phi) is 5.28. The third kappa shape index (κ3) is 3.41. The van der Waals surface area contributed by atoms with E-state index in [1.54, 1.807) is 24.1 Å². The summed E-state index contributed by atoms with van der Waals surface area (Å²) >= 11 is 3.29. The standard InChI is InChI=1S/C15H18BrFN2O.ClH/c1-19(12-7-10-3-4-11(8-12)18-10)15(20)13-6-9(16)2-5-14(13)17;/h2,5-6,10-12,18H,3-4,7-8H2,1H3;1H. The van der Waals surface area contributed by atoms with Gasteiger partial charge >= 0.3 is 0 Å². The molecule has 2 fully saturated rings. The molecule has 2 heterocycles. The quantitative estimate of drug-likeness (QED) is 0.857. The molecule has 6 heteroatoms. The maximum absolute atomic E-state index is 13.8. The number of fused-ring (bicyclic) bond motifs is 2. The Hall–Kier alpha value is -0.650. The molecule has 0 spiro atoms. The lowest BCUT2D eigenvalue weighted by Crippen LogP contribution is -2.48. The number of rotatable bonds is 2. The van der Waals surface area contributed by atoms with E-state index in [1.807, 2.05) is 0 Å². The molecule has 2 unspecified atom stereocenters.